The smallest absolute Gasteiger partial charge is 0.0992 e. The molecule has 0 amide bonds. The number of hydrogen-bond acceptors (Lipinski definition) is 3. The highest BCUT2D eigenvalue weighted by Gasteiger charge is 2.26. The van der Waals surface area contributed by atoms with Crippen LogP contribution in [0, 0.1) is 17.2 Å². The summed E-state index contributed by atoms with van der Waals surface area (Å²) < 4.78 is 0.944. The Bertz CT molecular complexity index is 439. The van der Waals surface area contributed by atoms with Crippen molar-refractivity contribution < 1.29 is 0 Å². The quantitative estimate of drug-likeness (QED) is 0.901. The first-order valence-corrected chi connectivity index (χ1v) is 6.70. The number of rotatable bonds is 3. The zero-order valence-electron chi connectivity index (χ0n) is 9.62. The molecule has 0 spiro atoms. The standard InChI is InChI=1S/C13H16BrN3/c14-11-6-9(7-15)4-5-13(11)17-12-3-1-2-10(12)8-16/h4-6,10,12,17H,1-3,8,16H2. The number of nitriles is 1. The Morgan fingerprint density at radius 1 is 1.47 bits per heavy atom. The second-order valence-corrected chi connectivity index (χ2v) is 5.34. The molecule has 1 aliphatic rings. The zero-order chi connectivity index (χ0) is 12.3. The average Bonchev–Trinajstić information content (AvgIpc) is 2.79. The molecule has 0 aliphatic heterocycles. The van der Waals surface area contributed by atoms with Gasteiger partial charge in [-0.2, -0.15) is 5.26 Å². The van der Waals surface area contributed by atoms with E-state index in [9.17, 15) is 0 Å². The SMILES string of the molecule is N#Cc1ccc(NC2CCCC2CN)c(Br)c1. The molecular formula is C13H16BrN3. The number of nitrogens with one attached hydrogen (secondary N) is 1. The summed E-state index contributed by atoms with van der Waals surface area (Å²) in [5.41, 5.74) is 7.49. The summed E-state index contributed by atoms with van der Waals surface area (Å²) >= 11 is 3.49. The molecule has 3 N–H and O–H groups in total. The molecule has 1 aromatic rings. The third-order valence-electron chi connectivity index (χ3n) is 3.40. The van der Waals surface area contributed by atoms with Gasteiger partial charge in [0.15, 0.2) is 0 Å². The molecule has 2 atom stereocenters. The molecule has 1 fully saturated rings. The fourth-order valence-corrected chi connectivity index (χ4v) is 2.90. The lowest BCUT2D eigenvalue weighted by Crippen LogP contribution is -2.29. The van der Waals surface area contributed by atoms with E-state index in [4.69, 9.17) is 11.0 Å². The summed E-state index contributed by atoms with van der Waals surface area (Å²) in [6.07, 6.45) is 3.63. The molecule has 2 rings (SSSR count). The molecule has 0 radical (unpaired) electrons. The van der Waals surface area contributed by atoms with Crippen LogP contribution in [0.25, 0.3) is 0 Å². The van der Waals surface area contributed by atoms with E-state index in [0.717, 1.165) is 16.7 Å². The molecule has 17 heavy (non-hydrogen) atoms. The highest BCUT2D eigenvalue weighted by atomic mass is 79.9. The number of nitrogens with zero attached hydrogens (tertiary/aromatic N) is 1. The first-order valence-electron chi connectivity index (χ1n) is 5.91. The van der Waals surface area contributed by atoms with Crippen LogP contribution >= 0.6 is 15.9 Å². The van der Waals surface area contributed by atoms with Crippen LogP contribution in [-0.4, -0.2) is 12.6 Å². The number of nitrogens with two attached hydrogens (primary N) is 1. The summed E-state index contributed by atoms with van der Waals surface area (Å²) in [6.45, 7) is 0.742. The van der Waals surface area contributed by atoms with Gasteiger partial charge in [-0.05, 0) is 59.4 Å². The number of benzene rings is 1. The highest BCUT2D eigenvalue weighted by Crippen LogP contribution is 2.31. The molecule has 0 aromatic heterocycles. The van der Waals surface area contributed by atoms with E-state index in [0.29, 0.717) is 17.5 Å². The van der Waals surface area contributed by atoms with E-state index in [1.807, 2.05) is 18.2 Å². The van der Waals surface area contributed by atoms with Gasteiger partial charge in [0.05, 0.1) is 11.6 Å². The first kappa shape index (κ1) is 12.4. The minimum Gasteiger partial charge on any atom is -0.381 e. The minimum atomic E-state index is 0.462. The predicted molar refractivity (Wildman–Crippen MR) is 72.7 cm³/mol. The fourth-order valence-electron chi connectivity index (χ4n) is 2.41. The van der Waals surface area contributed by atoms with Crippen molar-refractivity contribution in [3.63, 3.8) is 0 Å². The van der Waals surface area contributed by atoms with E-state index < -0.39 is 0 Å². The average molecular weight is 294 g/mol. The Kier molecular flexibility index (Phi) is 4.03. The number of halogens is 1. The maximum Gasteiger partial charge on any atom is 0.0992 e. The summed E-state index contributed by atoms with van der Waals surface area (Å²) in [5.74, 6) is 0.567. The van der Waals surface area contributed by atoms with E-state index in [-0.39, 0.29) is 0 Å². The Morgan fingerprint density at radius 2 is 2.29 bits per heavy atom. The maximum absolute atomic E-state index is 8.81. The number of hydrogen-bond donors (Lipinski definition) is 2. The van der Waals surface area contributed by atoms with E-state index in [2.05, 4.69) is 27.3 Å². The van der Waals surface area contributed by atoms with Gasteiger partial charge in [-0.1, -0.05) is 6.42 Å². The van der Waals surface area contributed by atoms with Crippen molar-refractivity contribution in [2.75, 3.05) is 11.9 Å². The number of anilines is 1. The van der Waals surface area contributed by atoms with Crippen molar-refractivity contribution in [3.05, 3.63) is 28.2 Å². The van der Waals surface area contributed by atoms with Gasteiger partial charge in [-0.15, -0.1) is 0 Å². The summed E-state index contributed by atoms with van der Waals surface area (Å²) in [7, 11) is 0. The topological polar surface area (TPSA) is 61.8 Å². The van der Waals surface area contributed by atoms with Crippen molar-refractivity contribution in [3.8, 4) is 6.07 Å². The van der Waals surface area contributed by atoms with Gasteiger partial charge in [-0.25, -0.2) is 0 Å². The largest absolute Gasteiger partial charge is 0.381 e. The van der Waals surface area contributed by atoms with Gasteiger partial charge in [0.1, 0.15) is 0 Å². The van der Waals surface area contributed by atoms with Crippen molar-refractivity contribution in [1.29, 1.82) is 5.26 Å². The van der Waals surface area contributed by atoms with Crippen LogP contribution in [0.4, 0.5) is 5.69 Å². The van der Waals surface area contributed by atoms with Gasteiger partial charge in [-0.3, -0.25) is 0 Å². The second-order valence-electron chi connectivity index (χ2n) is 4.48. The van der Waals surface area contributed by atoms with Crippen LogP contribution in [0.3, 0.4) is 0 Å². The molecule has 1 aromatic carbocycles. The van der Waals surface area contributed by atoms with Crippen molar-refractivity contribution in [2.45, 2.75) is 25.3 Å². The van der Waals surface area contributed by atoms with Crippen LogP contribution in [0.5, 0.6) is 0 Å². The predicted octanol–water partition coefficient (Wildman–Crippen LogP) is 2.86. The highest BCUT2D eigenvalue weighted by molar-refractivity contribution is 9.10. The van der Waals surface area contributed by atoms with Crippen molar-refractivity contribution in [1.82, 2.24) is 0 Å². The van der Waals surface area contributed by atoms with E-state index >= 15 is 0 Å². The van der Waals surface area contributed by atoms with E-state index in [1.54, 1.807) is 0 Å². The Labute approximate surface area is 110 Å². The lowest BCUT2D eigenvalue weighted by molar-refractivity contribution is 0.516. The van der Waals surface area contributed by atoms with Gasteiger partial charge >= 0.3 is 0 Å². The second kappa shape index (κ2) is 5.52. The van der Waals surface area contributed by atoms with Crippen LogP contribution in [0.15, 0.2) is 22.7 Å². The molecular weight excluding hydrogens is 278 g/mol. The molecule has 0 heterocycles. The Balaban J connectivity index is 2.11. The maximum atomic E-state index is 8.81. The molecule has 4 heteroatoms. The van der Waals surface area contributed by atoms with Crippen molar-refractivity contribution >= 4 is 21.6 Å². The molecule has 3 nitrogen and oxygen atoms in total. The van der Waals surface area contributed by atoms with Gasteiger partial charge < -0.3 is 11.1 Å². The normalized spacial score (nSPS) is 23.4. The monoisotopic (exact) mass is 293 g/mol. The molecule has 1 aliphatic carbocycles. The van der Waals surface area contributed by atoms with Gasteiger partial charge in [0.2, 0.25) is 0 Å². The van der Waals surface area contributed by atoms with Crippen LogP contribution < -0.4 is 11.1 Å². The third-order valence-corrected chi connectivity index (χ3v) is 4.06. The zero-order valence-corrected chi connectivity index (χ0v) is 11.2. The minimum absolute atomic E-state index is 0.462. The summed E-state index contributed by atoms with van der Waals surface area (Å²) in [6, 6.07) is 8.22. The third kappa shape index (κ3) is 2.80. The lowest BCUT2D eigenvalue weighted by Gasteiger charge is -2.21. The van der Waals surface area contributed by atoms with Crippen molar-refractivity contribution in [2.24, 2.45) is 11.7 Å². The summed E-state index contributed by atoms with van der Waals surface area (Å²) in [4.78, 5) is 0. The van der Waals surface area contributed by atoms with Gasteiger partial charge in [0, 0.05) is 16.2 Å². The lowest BCUT2D eigenvalue weighted by atomic mass is 10.0. The molecule has 1 saturated carbocycles. The summed E-state index contributed by atoms with van der Waals surface area (Å²) in [5, 5.41) is 12.3. The molecule has 0 saturated heterocycles. The Hall–Kier alpha value is -1.05. The fraction of sp³-hybridized carbons (Fsp3) is 0.462. The van der Waals surface area contributed by atoms with Crippen LogP contribution in [0.1, 0.15) is 24.8 Å². The van der Waals surface area contributed by atoms with Crippen LogP contribution in [0.2, 0.25) is 0 Å². The Morgan fingerprint density at radius 3 is 2.94 bits per heavy atom. The van der Waals surface area contributed by atoms with Gasteiger partial charge in [0.25, 0.3) is 0 Å². The molecule has 0 bridgehead atoms. The molecule has 90 valence electrons. The van der Waals surface area contributed by atoms with Crippen LogP contribution in [-0.2, 0) is 0 Å². The first-order chi connectivity index (χ1) is 8.24. The molecule has 2 unspecified atom stereocenters. The van der Waals surface area contributed by atoms with E-state index in [1.165, 1.54) is 19.3 Å².